The molecule has 102 valence electrons. The number of hydrogen-bond donors (Lipinski definition) is 2. The van der Waals surface area contributed by atoms with Crippen LogP contribution >= 0.6 is 0 Å². The Morgan fingerprint density at radius 2 is 2.21 bits per heavy atom. The van der Waals surface area contributed by atoms with E-state index in [4.69, 9.17) is 5.26 Å². The van der Waals surface area contributed by atoms with E-state index in [1.807, 2.05) is 13.0 Å². The van der Waals surface area contributed by atoms with Crippen LogP contribution in [-0.2, 0) is 0 Å². The number of carbonyl (C=O) groups excluding carboxylic acids is 1. The Morgan fingerprint density at radius 3 is 2.74 bits per heavy atom. The minimum absolute atomic E-state index is 0.243. The number of urea groups is 1. The van der Waals surface area contributed by atoms with Crippen molar-refractivity contribution in [1.82, 2.24) is 4.90 Å². The summed E-state index contributed by atoms with van der Waals surface area (Å²) < 4.78 is 0. The maximum atomic E-state index is 12.0. The minimum atomic E-state index is -0.943. The quantitative estimate of drug-likeness (QED) is 0.872. The molecule has 19 heavy (non-hydrogen) atoms. The first kappa shape index (κ1) is 15.0. The summed E-state index contributed by atoms with van der Waals surface area (Å²) in [5.74, 6) is 0. The third-order valence-electron chi connectivity index (χ3n) is 2.49. The lowest BCUT2D eigenvalue weighted by molar-refractivity contribution is 0.0501. The van der Waals surface area contributed by atoms with Crippen molar-refractivity contribution in [2.45, 2.75) is 26.4 Å². The number of anilines is 1. The second-order valence-electron chi connectivity index (χ2n) is 4.95. The fourth-order valence-corrected chi connectivity index (χ4v) is 1.66. The smallest absolute Gasteiger partial charge is 0.321 e. The Morgan fingerprint density at radius 1 is 1.53 bits per heavy atom. The number of amides is 2. The van der Waals surface area contributed by atoms with E-state index in [1.165, 1.54) is 4.90 Å². The first-order valence-electron chi connectivity index (χ1n) is 6.14. The molecular formula is C14H19N3O2. The van der Waals surface area contributed by atoms with E-state index >= 15 is 0 Å². The van der Waals surface area contributed by atoms with Crippen LogP contribution in [0.5, 0.6) is 0 Å². The van der Waals surface area contributed by atoms with Crippen LogP contribution in [0, 0.1) is 11.3 Å². The molecule has 0 bridgehead atoms. The molecule has 1 aromatic rings. The number of carbonyl (C=O) groups is 1. The zero-order valence-electron chi connectivity index (χ0n) is 11.5. The molecule has 0 unspecified atom stereocenters. The fourth-order valence-electron chi connectivity index (χ4n) is 1.66. The van der Waals surface area contributed by atoms with Crippen LogP contribution < -0.4 is 5.32 Å². The highest BCUT2D eigenvalue weighted by atomic mass is 16.3. The van der Waals surface area contributed by atoms with Crippen LogP contribution in [-0.4, -0.2) is 34.7 Å². The molecule has 0 saturated heterocycles. The summed E-state index contributed by atoms with van der Waals surface area (Å²) in [4.78, 5) is 13.6. The van der Waals surface area contributed by atoms with Crippen LogP contribution in [0.15, 0.2) is 24.3 Å². The SMILES string of the molecule is CCN(CC(C)(C)O)C(=O)Nc1cccc(C#N)c1. The second-order valence-corrected chi connectivity index (χ2v) is 4.95. The van der Waals surface area contributed by atoms with Crippen molar-refractivity contribution in [1.29, 1.82) is 5.26 Å². The van der Waals surface area contributed by atoms with Gasteiger partial charge in [-0.05, 0) is 39.0 Å². The molecular weight excluding hydrogens is 242 g/mol. The lowest BCUT2D eigenvalue weighted by atomic mass is 10.1. The number of aliphatic hydroxyl groups is 1. The molecule has 0 saturated carbocycles. The van der Waals surface area contributed by atoms with E-state index in [1.54, 1.807) is 38.1 Å². The van der Waals surface area contributed by atoms with Gasteiger partial charge in [-0.1, -0.05) is 6.07 Å². The highest BCUT2D eigenvalue weighted by molar-refractivity contribution is 5.89. The topological polar surface area (TPSA) is 76.4 Å². The number of nitriles is 1. The average molecular weight is 261 g/mol. The van der Waals surface area contributed by atoms with Crippen molar-refractivity contribution in [3.8, 4) is 6.07 Å². The van der Waals surface area contributed by atoms with Crippen LogP contribution in [0.4, 0.5) is 10.5 Å². The van der Waals surface area contributed by atoms with E-state index in [0.717, 1.165) is 0 Å². The van der Waals surface area contributed by atoms with Gasteiger partial charge in [0.25, 0.3) is 0 Å². The molecule has 0 radical (unpaired) electrons. The van der Waals surface area contributed by atoms with Gasteiger partial charge in [-0.2, -0.15) is 5.26 Å². The lowest BCUT2D eigenvalue weighted by Crippen LogP contribution is -2.44. The van der Waals surface area contributed by atoms with Crippen molar-refractivity contribution in [3.05, 3.63) is 29.8 Å². The van der Waals surface area contributed by atoms with Gasteiger partial charge in [0, 0.05) is 12.2 Å². The van der Waals surface area contributed by atoms with Crippen LogP contribution in [0.3, 0.4) is 0 Å². The minimum Gasteiger partial charge on any atom is -0.389 e. The molecule has 1 rings (SSSR count). The Hall–Kier alpha value is -2.06. The Kier molecular flexibility index (Phi) is 4.90. The molecule has 0 aliphatic heterocycles. The summed E-state index contributed by atoms with van der Waals surface area (Å²) >= 11 is 0. The van der Waals surface area contributed by atoms with Crippen molar-refractivity contribution >= 4 is 11.7 Å². The molecule has 0 spiro atoms. The molecule has 0 aliphatic rings. The maximum absolute atomic E-state index is 12.0. The summed E-state index contributed by atoms with van der Waals surface area (Å²) in [6.07, 6.45) is 0. The van der Waals surface area contributed by atoms with Gasteiger partial charge in [0.15, 0.2) is 0 Å². The predicted octanol–water partition coefficient (Wildman–Crippen LogP) is 2.18. The highest BCUT2D eigenvalue weighted by Gasteiger charge is 2.21. The summed E-state index contributed by atoms with van der Waals surface area (Å²) in [5, 5.41) is 21.3. The van der Waals surface area contributed by atoms with E-state index in [0.29, 0.717) is 17.8 Å². The van der Waals surface area contributed by atoms with Gasteiger partial charge in [-0.15, -0.1) is 0 Å². The molecule has 2 amide bonds. The molecule has 0 aliphatic carbocycles. The fraction of sp³-hybridized carbons (Fsp3) is 0.429. The number of nitrogens with zero attached hydrogens (tertiary/aromatic N) is 2. The first-order valence-corrected chi connectivity index (χ1v) is 6.14. The van der Waals surface area contributed by atoms with Crippen LogP contribution in [0.2, 0.25) is 0 Å². The van der Waals surface area contributed by atoms with Crippen molar-refractivity contribution in [3.63, 3.8) is 0 Å². The Labute approximate surface area is 113 Å². The standard InChI is InChI=1S/C14H19N3O2/c1-4-17(10-14(2,3)19)13(18)16-12-7-5-6-11(8-12)9-15/h5-8,19H,4,10H2,1-3H3,(H,16,18). The van der Waals surface area contributed by atoms with E-state index in [-0.39, 0.29) is 12.6 Å². The van der Waals surface area contributed by atoms with Crippen LogP contribution in [0.25, 0.3) is 0 Å². The van der Waals surface area contributed by atoms with Crippen LogP contribution in [0.1, 0.15) is 26.3 Å². The molecule has 0 heterocycles. The molecule has 5 nitrogen and oxygen atoms in total. The normalized spacial score (nSPS) is 10.7. The molecule has 0 fully saturated rings. The second kappa shape index (κ2) is 6.21. The highest BCUT2D eigenvalue weighted by Crippen LogP contribution is 2.12. The number of nitrogens with one attached hydrogen (secondary N) is 1. The monoisotopic (exact) mass is 261 g/mol. The zero-order chi connectivity index (χ0) is 14.5. The van der Waals surface area contributed by atoms with Gasteiger partial charge in [-0.25, -0.2) is 4.79 Å². The molecule has 2 N–H and O–H groups in total. The van der Waals surface area contributed by atoms with Crippen molar-refractivity contribution in [2.75, 3.05) is 18.4 Å². The van der Waals surface area contributed by atoms with Gasteiger partial charge in [0.2, 0.25) is 0 Å². The first-order chi connectivity index (χ1) is 8.85. The summed E-state index contributed by atoms with van der Waals surface area (Å²) in [5.41, 5.74) is 0.114. The summed E-state index contributed by atoms with van der Waals surface area (Å²) in [7, 11) is 0. The Balaban J connectivity index is 2.74. The van der Waals surface area contributed by atoms with E-state index in [9.17, 15) is 9.90 Å². The van der Waals surface area contributed by atoms with Gasteiger partial charge in [0.1, 0.15) is 0 Å². The summed E-state index contributed by atoms with van der Waals surface area (Å²) in [6.45, 7) is 5.89. The van der Waals surface area contributed by atoms with Gasteiger partial charge in [-0.3, -0.25) is 0 Å². The lowest BCUT2D eigenvalue weighted by Gasteiger charge is -2.28. The van der Waals surface area contributed by atoms with Gasteiger partial charge < -0.3 is 15.3 Å². The largest absolute Gasteiger partial charge is 0.389 e. The number of benzene rings is 1. The Bertz CT molecular complexity index is 486. The number of rotatable bonds is 4. The third kappa shape index (κ3) is 4.98. The van der Waals surface area contributed by atoms with Gasteiger partial charge in [0.05, 0.1) is 23.8 Å². The van der Waals surface area contributed by atoms with Crippen molar-refractivity contribution in [2.24, 2.45) is 0 Å². The number of hydrogen-bond acceptors (Lipinski definition) is 3. The van der Waals surface area contributed by atoms with Gasteiger partial charge >= 0.3 is 6.03 Å². The maximum Gasteiger partial charge on any atom is 0.321 e. The van der Waals surface area contributed by atoms with E-state index in [2.05, 4.69) is 5.32 Å². The van der Waals surface area contributed by atoms with E-state index < -0.39 is 5.60 Å². The number of likely N-dealkylation sites (N-methyl/N-ethyl adjacent to an activating group) is 1. The van der Waals surface area contributed by atoms with Crippen molar-refractivity contribution < 1.29 is 9.90 Å². The molecule has 1 aromatic carbocycles. The molecule has 5 heteroatoms. The predicted molar refractivity (Wildman–Crippen MR) is 73.7 cm³/mol. The molecule has 0 aromatic heterocycles. The zero-order valence-corrected chi connectivity index (χ0v) is 11.5. The summed E-state index contributed by atoms with van der Waals surface area (Å²) in [6, 6.07) is 8.43. The average Bonchev–Trinajstić information content (AvgIpc) is 2.35. The third-order valence-corrected chi connectivity index (χ3v) is 2.49. The molecule has 0 atom stereocenters.